The highest BCUT2D eigenvalue weighted by atomic mass is 19.2. The minimum absolute atomic E-state index is 0.00748. The van der Waals surface area contributed by atoms with Crippen LogP contribution in [0.3, 0.4) is 0 Å². The van der Waals surface area contributed by atoms with E-state index in [4.69, 9.17) is 0 Å². The number of carbonyl (C=O) groups is 2. The van der Waals surface area contributed by atoms with E-state index in [1.807, 2.05) is 0 Å². The molecule has 1 heterocycles. The van der Waals surface area contributed by atoms with Crippen LogP contribution in [0.25, 0.3) is 0 Å². The summed E-state index contributed by atoms with van der Waals surface area (Å²) in [5.74, 6) is -4.16. The van der Waals surface area contributed by atoms with Crippen molar-refractivity contribution in [3.63, 3.8) is 0 Å². The van der Waals surface area contributed by atoms with E-state index in [0.717, 1.165) is 50.5 Å². The number of hydrogen-bond donors (Lipinski definition) is 2. The molecule has 2 N–H and O–H groups in total. The summed E-state index contributed by atoms with van der Waals surface area (Å²) >= 11 is 0. The molecule has 0 bridgehead atoms. The predicted octanol–water partition coefficient (Wildman–Crippen LogP) is 2.37. The van der Waals surface area contributed by atoms with Crippen molar-refractivity contribution >= 4 is 23.2 Å². The smallest absolute Gasteiger partial charge is 0.313 e. The van der Waals surface area contributed by atoms with E-state index in [1.54, 1.807) is 12.1 Å². The topological polar surface area (TPSA) is 64.7 Å². The van der Waals surface area contributed by atoms with Crippen LogP contribution in [0.2, 0.25) is 0 Å². The Balaban J connectivity index is 1.33. The average molecular weight is 420 g/mol. The molecule has 2 aromatic rings. The molecule has 0 saturated carbocycles. The first-order valence-electron chi connectivity index (χ1n) is 9.69. The van der Waals surface area contributed by atoms with Gasteiger partial charge in [0.15, 0.2) is 11.6 Å². The lowest BCUT2D eigenvalue weighted by atomic mass is 10.2. The lowest BCUT2D eigenvalue weighted by Crippen LogP contribution is -2.47. The van der Waals surface area contributed by atoms with Crippen LogP contribution in [0, 0.1) is 17.5 Å². The summed E-state index contributed by atoms with van der Waals surface area (Å²) in [5.41, 5.74) is 1.00. The van der Waals surface area contributed by atoms with Gasteiger partial charge >= 0.3 is 11.8 Å². The van der Waals surface area contributed by atoms with Gasteiger partial charge in [-0.2, -0.15) is 0 Å². The molecule has 0 unspecified atom stereocenters. The maximum Gasteiger partial charge on any atom is 0.313 e. The minimum Gasteiger partial charge on any atom is -0.369 e. The van der Waals surface area contributed by atoms with Crippen molar-refractivity contribution in [3.05, 3.63) is 59.9 Å². The van der Waals surface area contributed by atoms with Crippen LogP contribution in [0.4, 0.5) is 24.5 Å². The van der Waals surface area contributed by atoms with Gasteiger partial charge in [-0.15, -0.1) is 0 Å². The zero-order chi connectivity index (χ0) is 21.5. The van der Waals surface area contributed by atoms with E-state index < -0.39 is 23.4 Å². The number of carbonyl (C=O) groups excluding carboxylic acids is 2. The van der Waals surface area contributed by atoms with E-state index in [0.29, 0.717) is 13.0 Å². The van der Waals surface area contributed by atoms with E-state index in [1.165, 1.54) is 18.2 Å². The molecule has 2 aromatic carbocycles. The third-order valence-electron chi connectivity index (χ3n) is 4.88. The van der Waals surface area contributed by atoms with Gasteiger partial charge in [0.1, 0.15) is 5.82 Å². The maximum absolute atomic E-state index is 13.1. The average Bonchev–Trinajstić information content (AvgIpc) is 2.74. The second-order valence-electron chi connectivity index (χ2n) is 7.00. The van der Waals surface area contributed by atoms with Crippen LogP contribution >= 0.6 is 0 Å². The first-order valence-corrected chi connectivity index (χ1v) is 9.69. The second kappa shape index (κ2) is 10.1. The van der Waals surface area contributed by atoms with Crippen LogP contribution in [0.15, 0.2) is 42.5 Å². The van der Waals surface area contributed by atoms with Crippen molar-refractivity contribution in [3.8, 4) is 0 Å². The molecule has 3 rings (SSSR count). The molecule has 1 fully saturated rings. The van der Waals surface area contributed by atoms with Gasteiger partial charge in [0, 0.05) is 50.2 Å². The highest BCUT2D eigenvalue weighted by Gasteiger charge is 2.18. The summed E-state index contributed by atoms with van der Waals surface area (Å²) in [6, 6.07) is 9.30. The molecular formula is C21H23F3N4O2. The number of nitrogens with zero attached hydrogens (tertiary/aromatic N) is 2. The molecule has 0 spiro atoms. The van der Waals surface area contributed by atoms with Crippen molar-refractivity contribution in [2.45, 2.75) is 6.42 Å². The molecule has 0 aromatic heterocycles. The number of benzene rings is 2. The van der Waals surface area contributed by atoms with Crippen LogP contribution < -0.4 is 15.5 Å². The Labute approximate surface area is 172 Å². The van der Waals surface area contributed by atoms with Gasteiger partial charge in [-0.1, -0.05) is 0 Å². The Morgan fingerprint density at radius 3 is 2.23 bits per heavy atom. The van der Waals surface area contributed by atoms with Crippen molar-refractivity contribution in [1.29, 1.82) is 0 Å². The first kappa shape index (κ1) is 21.6. The molecular weight excluding hydrogens is 397 g/mol. The van der Waals surface area contributed by atoms with Gasteiger partial charge < -0.3 is 15.5 Å². The largest absolute Gasteiger partial charge is 0.369 e. The SMILES string of the molecule is O=C(NCCCN1CCN(c2ccc(F)cc2)CC1)C(=O)Nc1ccc(F)c(F)c1. The van der Waals surface area contributed by atoms with E-state index in [-0.39, 0.29) is 11.5 Å². The number of rotatable bonds is 6. The molecule has 160 valence electrons. The fraction of sp³-hybridized carbons (Fsp3) is 0.333. The van der Waals surface area contributed by atoms with Gasteiger partial charge in [-0.25, -0.2) is 13.2 Å². The molecule has 2 amide bonds. The molecule has 1 aliphatic heterocycles. The normalized spacial score (nSPS) is 14.4. The molecule has 0 radical (unpaired) electrons. The van der Waals surface area contributed by atoms with Gasteiger partial charge in [-0.05, 0) is 49.4 Å². The zero-order valence-corrected chi connectivity index (χ0v) is 16.3. The molecule has 1 aliphatic rings. The summed E-state index contributed by atoms with van der Waals surface area (Å²) in [7, 11) is 0. The van der Waals surface area contributed by atoms with Crippen LogP contribution in [-0.2, 0) is 9.59 Å². The van der Waals surface area contributed by atoms with Gasteiger partial charge in [-0.3, -0.25) is 14.5 Å². The first-order chi connectivity index (χ1) is 14.4. The van der Waals surface area contributed by atoms with E-state index >= 15 is 0 Å². The fourth-order valence-corrected chi connectivity index (χ4v) is 3.23. The van der Waals surface area contributed by atoms with E-state index in [9.17, 15) is 22.8 Å². The Morgan fingerprint density at radius 2 is 1.57 bits per heavy atom. The summed E-state index contributed by atoms with van der Waals surface area (Å²) in [6.45, 7) is 4.44. The van der Waals surface area contributed by atoms with Gasteiger partial charge in [0.2, 0.25) is 0 Å². The van der Waals surface area contributed by atoms with Crippen molar-refractivity contribution < 1.29 is 22.8 Å². The van der Waals surface area contributed by atoms with Crippen molar-refractivity contribution in [2.24, 2.45) is 0 Å². The summed E-state index contributed by atoms with van der Waals surface area (Å²) in [6.07, 6.45) is 0.667. The fourth-order valence-electron chi connectivity index (χ4n) is 3.23. The molecule has 6 nitrogen and oxygen atoms in total. The molecule has 0 atom stereocenters. The lowest BCUT2D eigenvalue weighted by Gasteiger charge is -2.36. The second-order valence-corrected chi connectivity index (χ2v) is 7.00. The van der Waals surface area contributed by atoms with Gasteiger partial charge in [0.25, 0.3) is 0 Å². The summed E-state index contributed by atoms with van der Waals surface area (Å²) < 4.78 is 39.1. The Hall–Kier alpha value is -3.07. The Morgan fingerprint density at radius 1 is 0.867 bits per heavy atom. The Bertz CT molecular complexity index is 884. The van der Waals surface area contributed by atoms with E-state index in [2.05, 4.69) is 20.4 Å². The highest BCUT2D eigenvalue weighted by Crippen LogP contribution is 2.17. The minimum atomic E-state index is -1.10. The Kier molecular flexibility index (Phi) is 7.29. The molecule has 9 heteroatoms. The predicted molar refractivity (Wildman–Crippen MR) is 108 cm³/mol. The van der Waals surface area contributed by atoms with Crippen molar-refractivity contribution in [2.75, 3.05) is 49.5 Å². The number of anilines is 2. The number of amides is 2. The zero-order valence-electron chi connectivity index (χ0n) is 16.3. The van der Waals surface area contributed by atoms with Gasteiger partial charge in [0.05, 0.1) is 0 Å². The standard InChI is InChI=1S/C21H23F3N4O2/c22-15-2-5-17(6-3-15)28-12-10-27(11-13-28)9-1-8-25-20(29)21(30)26-16-4-7-18(23)19(24)14-16/h2-7,14H,1,8-13H2,(H,25,29)(H,26,30). The molecule has 0 aliphatic carbocycles. The van der Waals surface area contributed by atoms with Crippen LogP contribution in [0.5, 0.6) is 0 Å². The van der Waals surface area contributed by atoms with Crippen molar-refractivity contribution in [1.82, 2.24) is 10.2 Å². The number of piperazine rings is 1. The number of halogens is 3. The quantitative estimate of drug-likeness (QED) is 0.556. The molecule has 1 saturated heterocycles. The number of hydrogen-bond acceptors (Lipinski definition) is 4. The molecule has 30 heavy (non-hydrogen) atoms. The van der Waals surface area contributed by atoms with Crippen LogP contribution in [-0.4, -0.2) is 56.0 Å². The third-order valence-corrected chi connectivity index (χ3v) is 4.88. The third kappa shape index (κ3) is 5.96. The lowest BCUT2D eigenvalue weighted by molar-refractivity contribution is -0.136. The highest BCUT2D eigenvalue weighted by molar-refractivity contribution is 6.39. The summed E-state index contributed by atoms with van der Waals surface area (Å²) in [5, 5.41) is 4.74. The number of nitrogens with one attached hydrogen (secondary N) is 2. The monoisotopic (exact) mass is 420 g/mol. The summed E-state index contributed by atoms with van der Waals surface area (Å²) in [4.78, 5) is 28.1. The maximum atomic E-state index is 13.1. The van der Waals surface area contributed by atoms with Crippen LogP contribution in [0.1, 0.15) is 6.42 Å².